The van der Waals surface area contributed by atoms with Crippen LogP contribution in [0, 0.1) is 0 Å². The highest BCUT2D eigenvalue weighted by Gasteiger charge is 1.98. The van der Waals surface area contributed by atoms with Crippen LogP contribution in [-0.2, 0) is 4.74 Å². The highest BCUT2D eigenvalue weighted by atomic mass is 35.5. The fraction of sp³-hybridized carbons (Fsp3) is 0.800. The molecule has 1 unspecified atom stereocenters. The van der Waals surface area contributed by atoms with Crippen LogP contribution >= 0.6 is 11.6 Å². The van der Waals surface area contributed by atoms with Crippen molar-refractivity contribution in [3.05, 3.63) is 0 Å². The van der Waals surface area contributed by atoms with E-state index in [-0.39, 0.29) is 12.0 Å². The Morgan fingerprint density at radius 2 is 2.44 bits per heavy atom. The van der Waals surface area contributed by atoms with Crippen LogP contribution in [0.2, 0.25) is 0 Å². The predicted molar refractivity (Wildman–Crippen MR) is 33.9 cm³/mol. The molecule has 1 N–H and O–H groups in total. The van der Waals surface area contributed by atoms with Crippen molar-refractivity contribution in [1.29, 1.82) is 0 Å². The molecule has 0 aliphatic rings. The van der Waals surface area contributed by atoms with Crippen molar-refractivity contribution < 1.29 is 14.6 Å². The van der Waals surface area contributed by atoms with Crippen LogP contribution in [0.4, 0.5) is 4.79 Å². The maximum absolute atomic E-state index is 9.72. The third-order valence-corrected chi connectivity index (χ3v) is 0.959. The zero-order chi connectivity index (χ0) is 7.28. The molecule has 0 fully saturated rings. The van der Waals surface area contributed by atoms with Crippen molar-refractivity contribution in [1.82, 2.24) is 0 Å². The van der Waals surface area contributed by atoms with Gasteiger partial charge in [-0.05, 0) is 13.3 Å². The number of halogens is 1. The van der Waals surface area contributed by atoms with E-state index in [0.29, 0.717) is 6.42 Å². The first-order valence-electron chi connectivity index (χ1n) is 2.62. The summed E-state index contributed by atoms with van der Waals surface area (Å²) >= 11 is 5.49. The topological polar surface area (TPSA) is 46.5 Å². The zero-order valence-corrected chi connectivity index (χ0v) is 5.89. The highest BCUT2D eigenvalue weighted by Crippen LogP contribution is 1.99. The second-order valence-electron chi connectivity index (χ2n) is 1.68. The first kappa shape index (κ1) is 8.56. The van der Waals surface area contributed by atoms with Crippen molar-refractivity contribution in [2.24, 2.45) is 0 Å². The molecule has 3 nitrogen and oxygen atoms in total. The summed E-state index contributed by atoms with van der Waals surface area (Å²) in [6.07, 6.45) is -0.680. The Morgan fingerprint density at radius 3 is 2.78 bits per heavy atom. The number of alkyl halides is 1. The van der Waals surface area contributed by atoms with Crippen LogP contribution in [0.5, 0.6) is 0 Å². The maximum atomic E-state index is 9.72. The average molecular weight is 153 g/mol. The van der Waals surface area contributed by atoms with Gasteiger partial charge in [-0.3, -0.25) is 0 Å². The molecule has 0 aromatic rings. The molecule has 0 rings (SSSR count). The second kappa shape index (κ2) is 4.44. The van der Waals surface area contributed by atoms with Crippen molar-refractivity contribution in [3.8, 4) is 0 Å². The summed E-state index contributed by atoms with van der Waals surface area (Å²) in [5.74, 6) is 0. The number of rotatable bonds is 3. The Hall–Kier alpha value is -0.440. The molecule has 0 aliphatic heterocycles. The summed E-state index contributed by atoms with van der Waals surface area (Å²) in [7, 11) is 0. The monoisotopic (exact) mass is 152 g/mol. The van der Waals surface area contributed by atoms with Crippen LogP contribution in [0.1, 0.15) is 13.3 Å². The van der Waals surface area contributed by atoms with Gasteiger partial charge in [-0.15, -0.1) is 11.6 Å². The van der Waals surface area contributed by atoms with E-state index >= 15 is 0 Å². The number of carbonyl (C=O) groups is 1. The lowest BCUT2D eigenvalue weighted by molar-refractivity contribution is 0.0907. The lowest BCUT2D eigenvalue weighted by Crippen LogP contribution is -2.05. The SMILES string of the molecule is CC(Cl)CCOC(=O)O. The van der Waals surface area contributed by atoms with E-state index in [1.165, 1.54) is 0 Å². The molecule has 54 valence electrons. The van der Waals surface area contributed by atoms with Gasteiger partial charge in [0.05, 0.1) is 6.61 Å². The van der Waals surface area contributed by atoms with E-state index in [1.807, 2.05) is 0 Å². The van der Waals surface area contributed by atoms with Crippen LogP contribution in [0.3, 0.4) is 0 Å². The van der Waals surface area contributed by atoms with Gasteiger partial charge < -0.3 is 9.84 Å². The first-order valence-corrected chi connectivity index (χ1v) is 3.06. The standard InChI is InChI=1S/C5H9ClO3/c1-4(6)2-3-9-5(7)8/h4H,2-3H2,1H3,(H,7,8). The van der Waals surface area contributed by atoms with Gasteiger partial charge in [-0.2, -0.15) is 0 Å². The van der Waals surface area contributed by atoms with Gasteiger partial charge in [-0.25, -0.2) is 4.79 Å². The first-order chi connectivity index (χ1) is 4.13. The molecule has 0 aromatic carbocycles. The lowest BCUT2D eigenvalue weighted by Gasteiger charge is -2.00. The largest absolute Gasteiger partial charge is 0.505 e. The fourth-order valence-electron chi connectivity index (χ4n) is 0.309. The number of hydrogen-bond acceptors (Lipinski definition) is 2. The van der Waals surface area contributed by atoms with E-state index in [1.54, 1.807) is 6.92 Å². The van der Waals surface area contributed by atoms with E-state index in [0.717, 1.165) is 0 Å². The smallest absolute Gasteiger partial charge is 0.450 e. The summed E-state index contributed by atoms with van der Waals surface area (Å²) in [5.41, 5.74) is 0. The van der Waals surface area contributed by atoms with Gasteiger partial charge in [0.2, 0.25) is 0 Å². The van der Waals surface area contributed by atoms with Gasteiger partial charge in [-0.1, -0.05) is 0 Å². The Balaban J connectivity index is 3.01. The molecule has 0 aliphatic carbocycles. The number of carboxylic acid groups (broad SMARTS) is 1. The van der Waals surface area contributed by atoms with Gasteiger partial charge in [0.25, 0.3) is 0 Å². The molecule has 4 heteroatoms. The Labute approximate surface area is 58.6 Å². The minimum Gasteiger partial charge on any atom is -0.450 e. The van der Waals surface area contributed by atoms with Gasteiger partial charge in [0.1, 0.15) is 0 Å². The minimum absolute atomic E-state index is 0.0238. The Morgan fingerprint density at radius 1 is 1.89 bits per heavy atom. The van der Waals surface area contributed by atoms with Crippen LogP contribution in [0.15, 0.2) is 0 Å². The molecule has 0 spiro atoms. The van der Waals surface area contributed by atoms with Crippen molar-refractivity contribution in [2.45, 2.75) is 18.7 Å². The van der Waals surface area contributed by atoms with Crippen LogP contribution in [-0.4, -0.2) is 23.2 Å². The van der Waals surface area contributed by atoms with E-state index in [4.69, 9.17) is 16.7 Å². The maximum Gasteiger partial charge on any atom is 0.505 e. The van der Waals surface area contributed by atoms with Gasteiger partial charge in [0, 0.05) is 5.38 Å². The summed E-state index contributed by atoms with van der Waals surface area (Å²) in [6, 6.07) is 0. The molecule has 0 amide bonds. The van der Waals surface area contributed by atoms with Crippen LogP contribution < -0.4 is 0 Å². The quantitative estimate of drug-likeness (QED) is 0.495. The predicted octanol–water partition coefficient (Wildman–Crippen LogP) is 1.70. The Kier molecular flexibility index (Phi) is 4.22. The van der Waals surface area contributed by atoms with Crippen molar-refractivity contribution >= 4 is 17.8 Å². The van der Waals surface area contributed by atoms with E-state index < -0.39 is 6.16 Å². The molecule has 0 heterocycles. The molecule has 0 saturated heterocycles. The highest BCUT2D eigenvalue weighted by molar-refractivity contribution is 6.20. The molecule has 0 radical (unpaired) electrons. The molecule has 0 aromatic heterocycles. The fourth-order valence-corrected chi connectivity index (χ4v) is 0.398. The summed E-state index contributed by atoms with van der Waals surface area (Å²) in [5, 5.41) is 7.94. The summed E-state index contributed by atoms with van der Waals surface area (Å²) in [4.78, 5) is 9.72. The summed E-state index contributed by atoms with van der Waals surface area (Å²) < 4.78 is 4.18. The normalized spacial score (nSPS) is 12.7. The van der Waals surface area contributed by atoms with Crippen molar-refractivity contribution in [3.63, 3.8) is 0 Å². The van der Waals surface area contributed by atoms with Crippen LogP contribution in [0.25, 0.3) is 0 Å². The molecular weight excluding hydrogens is 144 g/mol. The summed E-state index contributed by atoms with van der Waals surface area (Å²) in [6.45, 7) is 1.97. The zero-order valence-electron chi connectivity index (χ0n) is 5.13. The minimum atomic E-state index is -1.24. The molecule has 1 atom stereocenters. The van der Waals surface area contributed by atoms with Gasteiger partial charge in [0.15, 0.2) is 0 Å². The van der Waals surface area contributed by atoms with E-state index in [2.05, 4.69) is 4.74 Å². The molecule has 0 saturated carbocycles. The molecular formula is C5H9ClO3. The van der Waals surface area contributed by atoms with Crippen molar-refractivity contribution in [2.75, 3.05) is 6.61 Å². The molecule has 9 heavy (non-hydrogen) atoms. The Bertz CT molecular complexity index is 92.2. The lowest BCUT2D eigenvalue weighted by atomic mass is 10.3. The second-order valence-corrected chi connectivity index (χ2v) is 2.43. The average Bonchev–Trinajstić information content (AvgIpc) is 1.63. The third kappa shape index (κ3) is 7.56. The van der Waals surface area contributed by atoms with Gasteiger partial charge >= 0.3 is 6.16 Å². The third-order valence-electron chi connectivity index (χ3n) is 0.741. The molecule has 0 bridgehead atoms. The number of hydrogen-bond donors (Lipinski definition) is 1. The number of ether oxygens (including phenoxy) is 1. The van der Waals surface area contributed by atoms with E-state index in [9.17, 15) is 4.79 Å².